The van der Waals surface area contributed by atoms with Crippen LogP contribution in [0.15, 0.2) is 47.4 Å². The van der Waals surface area contributed by atoms with Crippen molar-refractivity contribution in [1.82, 2.24) is 9.62 Å². The van der Waals surface area contributed by atoms with Gasteiger partial charge in [0.1, 0.15) is 0 Å². The van der Waals surface area contributed by atoms with Crippen LogP contribution in [0.25, 0.3) is 0 Å². The van der Waals surface area contributed by atoms with Crippen LogP contribution in [0, 0.1) is 0 Å². The molecule has 0 unspecified atom stereocenters. The second kappa shape index (κ2) is 7.66. The predicted molar refractivity (Wildman–Crippen MR) is 110 cm³/mol. The molecule has 2 aliphatic heterocycles. The van der Waals surface area contributed by atoms with Crippen LogP contribution >= 0.6 is 0 Å². The molecule has 2 heterocycles. The Morgan fingerprint density at radius 3 is 2.50 bits per heavy atom. The van der Waals surface area contributed by atoms with Crippen LogP contribution < -0.4 is 10.6 Å². The lowest BCUT2D eigenvalue weighted by molar-refractivity contribution is 0.0879. The molecule has 9 heteroatoms. The van der Waals surface area contributed by atoms with Gasteiger partial charge < -0.3 is 5.32 Å². The van der Waals surface area contributed by atoms with E-state index in [1.165, 1.54) is 40.7 Å². The van der Waals surface area contributed by atoms with E-state index in [-0.39, 0.29) is 33.3 Å². The zero-order valence-corrected chi connectivity index (χ0v) is 17.2. The molecule has 0 radical (unpaired) electrons. The fourth-order valence-electron chi connectivity index (χ4n) is 3.86. The molecule has 4 rings (SSSR count). The summed E-state index contributed by atoms with van der Waals surface area (Å²) in [5, 5.41) is 4.82. The largest absolute Gasteiger partial charge is 0.321 e. The van der Waals surface area contributed by atoms with E-state index in [2.05, 4.69) is 10.6 Å². The maximum absolute atomic E-state index is 12.9. The van der Waals surface area contributed by atoms with Gasteiger partial charge in [-0.25, -0.2) is 8.42 Å². The van der Waals surface area contributed by atoms with E-state index in [0.717, 1.165) is 19.3 Å². The fraction of sp³-hybridized carbons (Fsp3) is 0.286. The Morgan fingerprint density at radius 1 is 1.07 bits per heavy atom. The zero-order valence-electron chi connectivity index (χ0n) is 16.3. The molecule has 2 aromatic rings. The van der Waals surface area contributed by atoms with Gasteiger partial charge in [0.2, 0.25) is 10.0 Å². The molecule has 30 heavy (non-hydrogen) atoms. The molecule has 2 N–H and O–H groups in total. The topological polar surface area (TPSA) is 113 Å². The number of piperidine rings is 1. The molecule has 1 saturated heterocycles. The van der Waals surface area contributed by atoms with E-state index >= 15 is 0 Å². The van der Waals surface area contributed by atoms with Gasteiger partial charge in [-0.2, -0.15) is 4.31 Å². The average Bonchev–Trinajstić information content (AvgIpc) is 3.03. The number of nitrogens with zero attached hydrogens (tertiary/aromatic N) is 1. The minimum absolute atomic E-state index is 0.0549. The van der Waals surface area contributed by atoms with Crippen molar-refractivity contribution in [2.24, 2.45) is 0 Å². The van der Waals surface area contributed by atoms with E-state index in [1.807, 2.05) is 6.92 Å². The highest BCUT2D eigenvalue weighted by molar-refractivity contribution is 7.89. The Bertz CT molecular complexity index is 1140. The van der Waals surface area contributed by atoms with Crippen molar-refractivity contribution < 1.29 is 22.8 Å². The summed E-state index contributed by atoms with van der Waals surface area (Å²) in [5.74, 6) is -1.58. The van der Waals surface area contributed by atoms with Crippen molar-refractivity contribution >= 4 is 33.4 Å². The van der Waals surface area contributed by atoms with Gasteiger partial charge in [0.15, 0.2) is 0 Å². The Morgan fingerprint density at radius 2 is 1.80 bits per heavy atom. The molecule has 0 aromatic heterocycles. The third-order valence-electron chi connectivity index (χ3n) is 5.48. The van der Waals surface area contributed by atoms with Crippen LogP contribution in [-0.4, -0.2) is 43.0 Å². The first-order chi connectivity index (χ1) is 14.3. The van der Waals surface area contributed by atoms with Crippen LogP contribution in [0.2, 0.25) is 0 Å². The van der Waals surface area contributed by atoms with E-state index in [4.69, 9.17) is 0 Å². The summed E-state index contributed by atoms with van der Waals surface area (Å²) < 4.78 is 27.3. The number of amides is 3. The number of hydrogen-bond donors (Lipinski definition) is 2. The molecule has 2 aliphatic rings. The molecule has 0 aliphatic carbocycles. The Labute approximate surface area is 174 Å². The standard InChI is InChI=1S/C21H21N3O5S/c1-13-5-2-3-12-24(13)30(28,29)15-10-8-14(9-11-15)19(25)22-17-7-4-6-16-18(17)21(27)23-20(16)26/h4,6-11,13H,2-3,5,12H2,1H3,(H,22,25)(H,23,26,27)/t13-/m0/s1. The van der Waals surface area contributed by atoms with Gasteiger partial charge in [-0.3, -0.25) is 19.7 Å². The summed E-state index contributed by atoms with van der Waals surface area (Å²) in [6.07, 6.45) is 2.68. The smallest absolute Gasteiger partial charge is 0.261 e. The number of imide groups is 1. The lowest BCUT2D eigenvalue weighted by Gasteiger charge is -2.32. The fourth-order valence-corrected chi connectivity index (χ4v) is 5.56. The van der Waals surface area contributed by atoms with E-state index in [0.29, 0.717) is 6.54 Å². The number of rotatable bonds is 4. The van der Waals surface area contributed by atoms with Crippen LogP contribution in [-0.2, 0) is 10.0 Å². The molecule has 0 saturated carbocycles. The predicted octanol–water partition coefficient (Wildman–Crippen LogP) is 2.39. The molecular weight excluding hydrogens is 406 g/mol. The Balaban J connectivity index is 1.55. The van der Waals surface area contributed by atoms with Gasteiger partial charge in [-0.05, 0) is 56.2 Å². The van der Waals surface area contributed by atoms with Crippen LogP contribution in [0.1, 0.15) is 57.3 Å². The van der Waals surface area contributed by atoms with Crippen molar-refractivity contribution in [3.8, 4) is 0 Å². The second-order valence-corrected chi connectivity index (χ2v) is 9.34. The molecule has 156 valence electrons. The first-order valence-electron chi connectivity index (χ1n) is 9.71. The quantitative estimate of drug-likeness (QED) is 0.728. The van der Waals surface area contributed by atoms with Gasteiger partial charge >= 0.3 is 0 Å². The number of fused-ring (bicyclic) bond motifs is 1. The highest BCUT2D eigenvalue weighted by Crippen LogP contribution is 2.27. The van der Waals surface area contributed by atoms with E-state index in [1.54, 1.807) is 6.07 Å². The zero-order chi connectivity index (χ0) is 21.5. The van der Waals surface area contributed by atoms with Gasteiger partial charge in [0.05, 0.1) is 21.7 Å². The maximum atomic E-state index is 12.9. The summed E-state index contributed by atoms with van der Waals surface area (Å²) in [7, 11) is -3.62. The number of benzene rings is 2. The summed E-state index contributed by atoms with van der Waals surface area (Å²) in [6, 6.07) is 10.3. The summed E-state index contributed by atoms with van der Waals surface area (Å²) in [6.45, 7) is 2.39. The SMILES string of the molecule is C[C@H]1CCCCN1S(=O)(=O)c1ccc(C(=O)Nc2cccc3c2C(=O)NC3=O)cc1. The third-order valence-corrected chi connectivity index (χ3v) is 7.50. The van der Waals surface area contributed by atoms with Crippen molar-refractivity contribution in [1.29, 1.82) is 0 Å². The van der Waals surface area contributed by atoms with Crippen LogP contribution in [0.3, 0.4) is 0 Å². The van der Waals surface area contributed by atoms with Gasteiger partial charge in [-0.15, -0.1) is 0 Å². The first kappa shape index (κ1) is 20.2. The number of nitrogens with one attached hydrogen (secondary N) is 2. The highest BCUT2D eigenvalue weighted by Gasteiger charge is 2.32. The van der Waals surface area contributed by atoms with Gasteiger partial charge in [-0.1, -0.05) is 12.5 Å². The molecule has 0 bridgehead atoms. The van der Waals surface area contributed by atoms with Crippen molar-refractivity contribution in [3.05, 3.63) is 59.2 Å². The molecule has 1 atom stereocenters. The first-order valence-corrected chi connectivity index (χ1v) is 11.1. The minimum atomic E-state index is -3.62. The molecule has 0 spiro atoms. The second-order valence-electron chi connectivity index (χ2n) is 7.45. The minimum Gasteiger partial charge on any atom is -0.321 e. The van der Waals surface area contributed by atoms with Gasteiger partial charge in [0.25, 0.3) is 17.7 Å². The number of sulfonamides is 1. The Hall–Kier alpha value is -3.04. The molecule has 1 fully saturated rings. The van der Waals surface area contributed by atoms with Crippen LogP contribution in [0.5, 0.6) is 0 Å². The molecular formula is C21H21N3O5S. The number of carbonyl (C=O) groups is 3. The number of anilines is 1. The third kappa shape index (κ3) is 3.50. The molecule has 3 amide bonds. The molecule has 2 aromatic carbocycles. The Kier molecular flexibility index (Phi) is 5.17. The number of hydrogen-bond acceptors (Lipinski definition) is 5. The lowest BCUT2D eigenvalue weighted by atomic mass is 10.1. The van der Waals surface area contributed by atoms with E-state index in [9.17, 15) is 22.8 Å². The monoisotopic (exact) mass is 427 g/mol. The van der Waals surface area contributed by atoms with Crippen molar-refractivity contribution in [2.75, 3.05) is 11.9 Å². The van der Waals surface area contributed by atoms with E-state index < -0.39 is 27.7 Å². The normalized spacial score (nSPS) is 19.3. The maximum Gasteiger partial charge on any atom is 0.261 e. The average molecular weight is 427 g/mol. The van der Waals surface area contributed by atoms with Gasteiger partial charge in [0, 0.05) is 18.2 Å². The molecule has 8 nitrogen and oxygen atoms in total. The summed E-state index contributed by atoms with van der Waals surface area (Å²) in [5.41, 5.74) is 0.784. The van der Waals surface area contributed by atoms with Crippen molar-refractivity contribution in [3.63, 3.8) is 0 Å². The summed E-state index contributed by atoms with van der Waals surface area (Å²) in [4.78, 5) is 36.5. The highest BCUT2D eigenvalue weighted by atomic mass is 32.2. The van der Waals surface area contributed by atoms with Crippen molar-refractivity contribution in [2.45, 2.75) is 37.1 Å². The van der Waals surface area contributed by atoms with Crippen LogP contribution in [0.4, 0.5) is 5.69 Å². The summed E-state index contributed by atoms with van der Waals surface area (Å²) >= 11 is 0. The number of carbonyl (C=O) groups excluding carboxylic acids is 3. The lowest BCUT2D eigenvalue weighted by Crippen LogP contribution is -2.41.